The number of carbonyl (C=O) groups excluding carboxylic acids is 1. The first kappa shape index (κ1) is 20.0. The Balaban J connectivity index is 1.67. The number of rotatable bonds is 6. The minimum Gasteiger partial charge on any atom is -0.497 e. The van der Waals surface area contributed by atoms with Crippen molar-refractivity contribution in [3.63, 3.8) is 0 Å². The van der Waals surface area contributed by atoms with Crippen LogP contribution in [0.25, 0.3) is 10.2 Å². The fourth-order valence-corrected chi connectivity index (χ4v) is 4.30. The van der Waals surface area contributed by atoms with Crippen LogP contribution in [0.15, 0.2) is 60.9 Å². The normalized spacial score (nSPS) is 10.9. The predicted octanol–water partition coefficient (Wildman–Crippen LogP) is 5.09. The van der Waals surface area contributed by atoms with Crippen molar-refractivity contribution in [2.45, 2.75) is 26.8 Å². The van der Waals surface area contributed by atoms with E-state index in [4.69, 9.17) is 9.72 Å². The van der Waals surface area contributed by atoms with Gasteiger partial charge >= 0.3 is 0 Å². The SMILES string of the molecule is COc1ccc(CC(=O)N(Cc2cccnc2)c2nc3cc(C)c(C)cc3s2)cc1. The van der Waals surface area contributed by atoms with Crippen molar-refractivity contribution >= 4 is 32.6 Å². The topological polar surface area (TPSA) is 55.3 Å². The maximum absolute atomic E-state index is 13.3. The van der Waals surface area contributed by atoms with Crippen LogP contribution >= 0.6 is 11.3 Å². The van der Waals surface area contributed by atoms with Gasteiger partial charge in [0.25, 0.3) is 0 Å². The van der Waals surface area contributed by atoms with Crippen LogP contribution in [-0.2, 0) is 17.8 Å². The molecule has 0 atom stereocenters. The number of carbonyl (C=O) groups is 1. The number of benzene rings is 2. The third-order valence-corrected chi connectivity index (χ3v) is 6.14. The molecule has 2 aromatic heterocycles. The summed E-state index contributed by atoms with van der Waals surface area (Å²) in [6, 6.07) is 15.7. The third kappa shape index (κ3) is 4.33. The molecule has 30 heavy (non-hydrogen) atoms. The Bertz CT molecular complexity index is 1130. The molecule has 2 aromatic carbocycles. The summed E-state index contributed by atoms with van der Waals surface area (Å²) in [5.74, 6) is 0.770. The average molecular weight is 418 g/mol. The number of thiazole rings is 1. The van der Waals surface area contributed by atoms with Crippen molar-refractivity contribution in [2.75, 3.05) is 12.0 Å². The number of ether oxygens (including phenoxy) is 1. The Labute approximate surface area is 180 Å². The molecule has 4 rings (SSSR count). The Kier molecular flexibility index (Phi) is 5.77. The van der Waals surface area contributed by atoms with Crippen LogP contribution in [0.5, 0.6) is 5.75 Å². The highest BCUT2D eigenvalue weighted by Crippen LogP contribution is 2.32. The predicted molar refractivity (Wildman–Crippen MR) is 121 cm³/mol. The van der Waals surface area contributed by atoms with Gasteiger partial charge in [-0.2, -0.15) is 0 Å². The van der Waals surface area contributed by atoms with Crippen molar-refractivity contribution in [3.05, 3.63) is 83.2 Å². The number of methoxy groups -OCH3 is 1. The second kappa shape index (κ2) is 8.63. The summed E-state index contributed by atoms with van der Waals surface area (Å²) >= 11 is 1.55. The molecule has 152 valence electrons. The Hall–Kier alpha value is -3.25. The van der Waals surface area contributed by atoms with Gasteiger partial charge in [0.05, 0.1) is 30.3 Å². The number of pyridine rings is 1. The molecule has 0 saturated carbocycles. The third-order valence-electron chi connectivity index (χ3n) is 5.10. The highest BCUT2D eigenvalue weighted by atomic mass is 32.1. The Morgan fingerprint density at radius 1 is 1.07 bits per heavy atom. The fourth-order valence-electron chi connectivity index (χ4n) is 3.23. The lowest BCUT2D eigenvalue weighted by Crippen LogP contribution is -2.31. The van der Waals surface area contributed by atoms with E-state index in [2.05, 4.69) is 31.0 Å². The van der Waals surface area contributed by atoms with Crippen LogP contribution in [0.1, 0.15) is 22.3 Å². The molecule has 1 amide bonds. The second-order valence-corrected chi connectivity index (χ2v) is 8.28. The molecule has 0 aliphatic heterocycles. The van der Waals surface area contributed by atoms with E-state index in [0.717, 1.165) is 27.1 Å². The van der Waals surface area contributed by atoms with E-state index in [1.807, 2.05) is 36.4 Å². The second-order valence-electron chi connectivity index (χ2n) is 7.27. The highest BCUT2D eigenvalue weighted by molar-refractivity contribution is 7.22. The van der Waals surface area contributed by atoms with E-state index in [1.165, 1.54) is 11.1 Å². The number of anilines is 1. The molecule has 0 bridgehead atoms. The van der Waals surface area contributed by atoms with Gasteiger partial charge in [0.2, 0.25) is 5.91 Å². The summed E-state index contributed by atoms with van der Waals surface area (Å²) in [4.78, 5) is 24.1. The van der Waals surface area contributed by atoms with Crippen molar-refractivity contribution in [3.8, 4) is 5.75 Å². The first-order valence-corrected chi connectivity index (χ1v) is 10.5. The van der Waals surface area contributed by atoms with Crippen molar-refractivity contribution in [2.24, 2.45) is 0 Å². The van der Waals surface area contributed by atoms with Gasteiger partial charge in [-0.3, -0.25) is 14.7 Å². The molecule has 2 heterocycles. The minimum absolute atomic E-state index is 0.00322. The molecule has 0 spiro atoms. The van der Waals surface area contributed by atoms with Crippen molar-refractivity contribution < 1.29 is 9.53 Å². The number of aromatic nitrogens is 2. The number of fused-ring (bicyclic) bond motifs is 1. The number of amides is 1. The van der Waals surface area contributed by atoms with Crippen LogP contribution in [0.2, 0.25) is 0 Å². The van der Waals surface area contributed by atoms with Gasteiger partial charge in [-0.1, -0.05) is 29.5 Å². The van der Waals surface area contributed by atoms with Gasteiger partial charge in [-0.05, 0) is 66.4 Å². The summed E-state index contributed by atoms with van der Waals surface area (Å²) in [6.45, 7) is 4.60. The van der Waals surface area contributed by atoms with Crippen LogP contribution in [0, 0.1) is 13.8 Å². The molecule has 0 radical (unpaired) electrons. The fraction of sp³-hybridized carbons (Fsp3) is 0.208. The maximum atomic E-state index is 13.3. The summed E-state index contributed by atoms with van der Waals surface area (Å²) in [5, 5.41) is 0.706. The van der Waals surface area contributed by atoms with Gasteiger partial charge in [0.15, 0.2) is 5.13 Å². The molecule has 4 aromatic rings. The maximum Gasteiger partial charge on any atom is 0.233 e. The molecule has 6 heteroatoms. The van der Waals surface area contributed by atoms with Gasteiger partial charge in [-0.25, -0.2) is 4.98 Å². The van der Waals surface area contributed by atoms with E-state index in [1.54, 1.807) is 35.7 Å². The van der Waals surface area contributed by atoms with E-state index < -0.39 is 0 Å². The number of hydrogen-bond donors (Lipinski definition) is 0. The van der Waals surface area contributed by atoms with E-state index >= 15 is 0 Å². The monoisotopic (exact) mass is 417 g/mol. The first-order valence-electron chi connectivity index (χ1n) is 9.73. The van der Waals surface area contributed by atoms with Crippen LogP contribution in [0.4, 0.5) is 5.13 Å². The standard InChI is InChI=1S/C24H23N3O2S/c1-16-11-21-22(12-17(16)2)30-24(26-21)27(15-19-5-4-10-25-14-19)23(28)13-18-6-8-20(29-3)9-7-18/h4-12,14H,13,15H2,1-3H3. The van der Waals surface area contributed by atoms with Gasteiger partial charge < -0.3 is 4.74 Å². The zero-order chi connectivity index (χ0) is 21.1. The largest absolute Gasteiger partial charge is 0.497 e. The van der Waals surface area contributed by atoms with Crippen molar-refractivity contribution in [1.82, 2.24) is 9.97 Å². The number of nitrogens with zero attached hydrogens (tertiary/aromatic N) is 3. The lowest BCUT2D eigenvalue weighted by atomic mass is 10.1. The molecule has 0 N–H and O–H groups in total. The first-order chi connectivity index (χ1) is 14.5. The molecular formula is C24H23N3O2S. The highest BCUT2D eigenvalue weighted by Gasteiger charge is 2.21. The summed E-state index contributed by atoms with van der Waals surface area (Å²) < 4.78 is 6.30. The van der Waals surface area contributed by atoms with Crippen LogP contribution < -0.4 is 9.64 Å². The molecule has 0 aliphatic rings. The molecule has 0 unspecified atom stereocenters. The molecule has 0 saturated heterocycles. The van der Waals surface area contributed by atoms with Gasteiger partial charge in [-0.15, -0.1) is 0 Å². The number of aryl methyl sites for hydroxylation is 2. The van der Waals surface area contributed by atoms with Crippen LogP contribution in [-0.4, -0.2) is 23.0 Å². The van der Waals surface area contributed by atoms with E-state index in [-0.39, 0.29) is 12.3 Å². The smallest absolute Gasteiger partial charge is 0.233 e. The molecular weight excluding hydrogens is 394 g/mol. The van der Waals surface area contributed by atoms with Crippen LogP contribution in [0.3, 0.4) is 0 Å². The van der Waals surface area contributed by atoms with Crippen molar-refractivity contribution in [1.29, 1.82) is 0 Å². The quantitative estimate of drug-likeness (QED) is 0.438. The molecule has 5 nitrogen and oxygen atoms in total. The van der Waals surface area contributed by atoms with Gasteiger partial charge in [0, 0.05) is 12.4 Å². The van der Waals surface area contributed by atoms with E-state index in [9.17, 15) is 4.79 Å². The van der Waals surface area contributed by atoms with Gasteiger partial charge in [0.1, 0.15) is 5.75 Å². The Morgan fingerprint density at radius 3 is 2.53 bits per heavy atom. The summed E-state index contributed by atoms with van der Waals surface area (Å²) in [5.41, 5.74) is 5.24. The lowest BCUT2D eigenvalue weighted by Gasteiger charge is -2.20. The summed E-state index contributed by atoms with van der Waals surface area (Å²) in [7, 11) is 1.63. The molecule has 0 fully saturated rings. The molecule has 0 aliphatic carbocycles. The Morgan fingerprint density at radius 2 is 1.83 bits per heavy atom. The van der Waals surface area contributed by atoms with E-state index in [0.29, 0.717) is 11.7 Å². The summed E-state index contributed by atoms with van der Waals surface area (Å²) in [6.07, 6.45) is 3.81. The average Bonchev–Trinajstić information content (AvgIpc) is 3.15. The minimum atomic E-state index is -0.00322. The zero-order valence-corrected chi connectivity index (χ0v) is 18.1. The lowest BCUT2D eigenvalue weighted by molar-refractivity contribution is -0.118. The zero-order valence-electron chi connectivity index (χ0n) is 17.3. The number of hydrogen-bond acceptors (Lipinski definition) is 5.